The van der Waals surface area contributed by atoms with Gasteiger partial charge in [0, 0.05) is 20.3 Å². The van der Waals surface area contributed by atoms with E-state index in [1.54, 1.807) is 19.2 Å². The Kier molecular flexibility index (Phi) is 4.40. The molecule has 0 aromatic heterocycles. The summed E-state index contributed by atoms with van der Waals surface area (Å²) >= 11 is 0. The van der Waals surface area contributed by atoms with Gasteiger partial charge in [0.2, 0.25) is 0 Å². The normalized spacial score (nSPS) is 16.8. The fourth-order valence-corrected chi connectivity index (χ4v) is 2.07. The van der Waals surface area contributed by atoms with Crippen LogP contribution in [0.25, 0.3) is 0 Å². The van der Waals surface area contributed by atoms with Crippen LogP contribution in [-0.4, -0.2) is 29.9 Å². The van der Waals surface area contributed by atoms with E-state index >= 15 is 0 Å². The minimum atomic E-state index is -1.31. The molecule has 0 radical (unpaired) electrons. The smallest absolute Gasteiger partial charge is 0.352 e. The number of esters is 2. The van der Waals surface area contributed by atoms with Crippen LogP contribution in [0.1, 0.15) is 25.8 Å². The summed E-state index contributed by atoms with van der Waals surface area (Å²) < 4.78 is 14.9. The predicted molar refractivity (Wildman–Crippen MR) is 77.2 cm³/mol. The quantitative estimate of drug-likeness (QED) is 0.398. The number of carbonyl (C=O) groups excluding carboxylic acids is 2. The highest BCUT2D eigenvalue weighted by atomic mass is 16.7. The third-order valence-electron chi connectivity index (χ3n) is 3.18. The minimum absolute atomic E-state index is 0.131. The molecule has 6 nitrogen and oxygen atoms in total. The Morgan fingerprint density at radius 1 is 1.14 bits per heavy atom. The topological polar surface area (TPSA) is 82.1 Å². The molecular weight excluding hydrogens is 288 g/mol. The van der Waals surface area contributed by atoms with Crippen molar-refractivity contribution in [3.8, 4) is 5.75 Å². The Morgan fingerprint density at radius 2 is 1.68 bits per heavy atom. The Bertz CT molecular complexity index is 590. The number of methoxy groups -OCH3 is 1. The van der Waals surface area contributed by atoms with Crippen LogP contribution in [0.5, 0.6) is 5.75 Å². The standard InChI is InChI=1S/C16H18O6/c1-16(2)21-14(18)13(15(19)22-16)12(17)9-6-10-4-7-11(20-3)8-5-10/h4-5,7-8,17H,6,9H2,1-3H3. The lowest BCUT2D eigenvalue weighted by atomic mass is 10.1. The SMILES string of the molecule is COc1ccc(CCC(O)=C2C(=O)OC(C)(C)OC2=O)cc1. The van der Waals surface area contributed by atoms with Gasteiger partial charge in [0.15, 0.2) is 5.57 Å². The fourth-order valence-electron chi connectivity index (χ4n) is 2.07. The van der Waals surface area contributed by atoms with E-state index in [0.717, 1.165) is 11.3 Å². The molecule has 6 heteroatoms. The van der Waals surface area contributed by atoms with Crippen molar-refractivity contribution in [1.82, 2.24) is 0 Å². The summed E-state index contributed by atoms with van der Waals surface area (Å²) in [5.74, 6) is -2.65. The summed E-state index contributed by atoms with van der Waals surface area (Å²) in [7, 11) is 1.58. The molecule has 1 aromatic rings. The summed E-state index contributed by atoms with van der Waals surface area (Å²) in [5.41, 5.74) is 0.499. The van der Waals surface area contributed by atoms with Crippen LogP contribution >= 0.6 is 0 Å². The van der Waals surface area contributed by atoms with Gasteiger partial charge in [-0.3, -0.25) is 0 Å². The van der Waals surface area contributed by atoms with Crippen molar-refractivity contribution in [2.24, 2.45) is 0 Å². The Balaban J connectivity index is 2.08. The van der Waals surface area contributed by atoms with Gasteiger partial charge in [-0.25, -0.2) is 9.59 Å². The van der Waals surface area contributed by atoms with Gasteiger partial charge in [-0.2, -0.15) is 0 Å². The van der Waals surface area contributed by atoms with E-state index in [1.165, 1.54) is 13.8 Å². The first-order valence-electron chi connectivity index (χ1n) is 6.84. The molecule has 0 amide bonds. The number of cyclic esters (lactones) is 2. The minimum Gasteiger partial charge on any atom is -0.511 e. The monoisotopic (exact) mass is 306 g/mol. The Labute approximate surface area is 128 Å². The van der Waals surface area contributed by atoms with Crippen molar-refractivity contribution in [3.63, 3.8) is 0 Å². The average Bonchev–Trinajstić information content (AvgIpc) is 2.43. The van der Waals surface area contributed by atoms with Crippen molar-refractivity contribution in [1.29, 1.82) is 0 Å². The lowest BCUT2D eigenvalue weighted by Gasteiger charge is -2.30. The number of hydrogen-bond donors (Lipinski definition) is 1. The molecule has 1 aliphatic rings. The molecular formula is C16H18O6. The van der Waals surface area contributed by atoms with Crippen LogP contribution in [0.4, 0.5) is 0 Å². The van der Waals surface area contributed by atoms with Crippen molar-refractivity contribution in [2.75, 3.05) is 7.11 Å². The molecule has 0 bridgehead atoms. The first-order chi connectivity index (χ1) is 10.3. The highest BCUT2D eigenvalue weighted by molar-refractivity contribution is 6.15. The second-order valence-electron chi connectivity index (χ2n) is 5.35. The highest BCUT2D eigenvalue weighted by Crippen LogP contribution is 2.25. The van der Waals surface area contributed by atoms with Gasteiger partial charge < -0.3 is 19.3 Å². The molecule has 0 aliphatic carbocycles. The molecule has 1 N–H and O–H groups in total. The van der Waals surface area contributed by atoms with Gasteiger partial charge in [-0.05, 0) is 24.1 Å². The number of aliphatic hydroxyl groups is 1. The first kappa shape index (κ1) is 15.9. The number of ether oxygens (including phenoxy) is 3. The summed E-state index contributed by atoms with van der Waals surface area (Å²) in [6, 6.07) is 7.28. The maximum absolute atomic E-state index is 11.8. The third kappa shape index (κ3) is 3.58. The summed E-state index contributed by atoms with van der Waals surface area (Å²) in [5, 5.41) is 10.0. The number of benzene rings is 1. The zero-order valence-electron chi connectivity index (χ0n) is 12.7. The number of allylic oxidation sites excluding steroid dienone is 1. The molecule has 0 spiro atoms. The summed E-state index contributed by atoms with van der Waals surface area (Å²) in [6.07, 6.45) is 0.593. The van der Waals surface area contributed by atoms with Gasteiger partial charge in [0.1, 0.15) is 11.5 Å². The van der Waals surface area contributed by atoms with Crippen LogP contribution in [0.3, 0.4) is 0 Å². The molecule has 1 fully saturated rings. The molecule has 0 saturated carbocycles. The number of carbonyl (C=O) groups is 2. The molecule has 0 unspecified atom stereocenters. The summed E-state index contributed by atoms with van der Waals surface area (Å²) in [4.78, 5) is 23.6. The molecule has 1 aromatic carbocycles. The molecule has 118 valence electrons. The molecule has 1 saturated heterocycles. The van der Waals surface area contributed by atoms with E-state index < -0.39 is 23.3 Å². The maximum Gasteiger partial charge on any atom is 0.352 e. The highest BCUT2D eigenvalue weighted by Gasteiger charge is 2.40. The average molecular weight is 306 g/mol. The van der Waals surface area contributed by atoms with Crippen molar-refractivity contribution >= 4 is 11.9 Å². The van der Waals surface area contributed by atoms with Crippen LogP contribution in [0.15, 0.2) is 35.6 Å². The number of rotatable bonds is 4. The molecule has 0 atom stereocenters. The molecule has 1 aliphatic heterocycles. The van der Waals surface area contributed by atoms with Crippen molar-refractivity contribution in [3.05, 3.63) is 41.2 Å². The van der Waals surface area contributed by atoms with E-state index in [4.69, 9.17) is 14.2 Å². The van der Waals surface area contributed by atoms with Crippen LogP contribution in [0.2, 0.25) is 0 Å². The van der Waals surface area contributed by atoms with E-state index in [9.17, 15) is 14.7 Å². The third-order valence-corrected chi connectivity index (χ3v) is 3.18. The second kappa shape index (κ2) is 6.09. The Hall–Kier alpha value is -2.50. The Morgan fingerprint density at radius 3 is 2.18 bits per heavy atom. The van der Waals surface area contributed by atoms with E-state index in [-0.39, 0.29) is 12.2 Å². The number of aliphatic hydroxyl groups excluding tert-OH is 1. The van der Waals surface area contributed by atoms with Crippen molar-refractivity contribution in [2.45, 2.75) is 32.5 Å². The van der Waals surface area contributed by atoms with Crippen LogP contribution in [0, 0.1) is 0 Å². The number of aryl methyl sites for hydroxylation is 1. The van der Waals surface area contributed by atoms with Crippen molar-refractivity contribution < 1.29 is 28.9 Å². The zero-order valence-corrected chi connectivity index (χ0v) is 12.7. The van der Waals surface area contributed by atoms with E-state index in [1.807, 2.05) is 12.1 Å². The van der Waals surface area contributed by atoms with Crippen LogP contribution in [-0.2, 0) is 25.5 Å². The van der Waals surface area contributed by atoms with E-state index in [0.29, 0.717) is 6.42 Å². The lowest BCUT2D eigenvalue weighted by Crippen LogP contribution is -2.42. The molecule has 1 heterocycles. The zero-order chi connectivity index (χ0) is 16.3. The first-order valence-corrected chi connectivity index (χ1v) is 6.84. The van der Waals surface area contributed by atoms with E-state index in [2.05, 4.69) is 0 Å². The van der Waals surface area contributed by atoms with Gasteiger partial charge >= 0.3 is 11.9 Å². The molecule has 2 rings (SSSR count). The molecule has 22 heavy (non-hydrogen) atoms. The van der Waals surface area contributed by atoms with Gasteiger partial charge in [0.25, 0.3) is 5.79 Å². The predicted octanol–water partition coefficient (Wildman–Crippen LogP) is 2.28. The van der Waals surface area contributed by atoms with Gasteiger partial charge in [0.05, 0.1) is 7.11 Å². The number of hydrogen-bond acceptors (Lipinski definition) is 6. The van der Waals surface area contributed by atoms with Crippen LogP contribution < -0.4 is 4.74 Å². The largest absolute Gasteiger partial charge is 0.511 e. The lowest BCUT2D eigenvalue weighted by molar-refractivity contribution is -0.222. The van der Waals surface area contributed by atoms with Gasteiger partial charge in [-0.1, -0.05) is 12.1 Å². The summed E-state index contributed by atoms with van der Waals surface area (Å²) in [6.45, 7) is 2.90. The second-order valence-corrected chi connectivity index (χ2v) is 5.35. The fraction of sp³-hybridized carbons (Fsp3) is 0.375. The van der Waals surface area contributed by atoms with Gasteiger partial charge in [-0.15, -0.1) is 0 Å². The maximum atomic E-state index is 11.8.